The first kappa shape index (κ1) is 21.0. The topological polar surface area (TPSA) is 74.5 Å². The molecule has 32 heavy (non-hydrogen) atoms. The lowest BCUT2D eigenvalue weighted by molar-refractivity contribution is 0.0456. The van der Waals surface area contributed by atoms with Crippen LogP contribution in [0.15, 0.2) is 52.1 Å². The summed E-state index contributed by atoms with van der Waals surface area (Å²) in [6, 6.07) is 14.0. The summed E-state index contributed by atoms with van der Waals surface area (Å²) in [6.07, 6.45) is 2.79. The van der Waals surface area contributed by atoms with E-state index < -0.39 is 0 Å². The minimum Gasteiger partial charge on any atom is -0.497 e. The van der Waals surface area contributed by atoms with E-state index in [2.05, 4.69) is 29.6 Å². The normalized spacial score (nSPS) is 24.3. The number of benzene rings is 2. The van der Waals surface area contributed by atoms with Crippen molar-refractivity contribution in [2.24, 2.45) is 13.0 Å². The molecule has 1 unspecified atom stereocenters. The summed E-state index contributed by atoms with van der Waals surface area (Å²) in [7, 11) is 5.01. The highest BCUT2D eigenvalue weighted by atomic mass is 16.5. The highest BCUT2D eigenvalue weighted by molar-refractivity contribution is 5.79. The van der Waals surface area contributed by atoms with E-state index in [9.17, 15) is 9.59 Å². The number of nitrogens with zero attached hydrogens (tertiary/aromatic N) is 2. The van der Waals surface area contributed by atoms with Crippen LogP contribution in [0.3, 0.4) is 0 Å². The first-order chi connectivity index (χ1) is 15.5. The van der Waals surface area contributed by atoms with Crippen LogP contribution in [0.2, 0.25) is 0 Å². The van der Waals surface area contributed by atoms with Crippen molar-refractivity contribution >= 4 is 10.9 Å². The fraction of sp³-hybridized carbons (Fsp3) is 0.440. The minimum absolute atomic E-state index is 0.0121. The Morgan fingerprint density at radius 1 is 1.12 bits per heavy atom. The largest absolute Gasteiger partial charge is 0.497 e. The van der Waals surface area contributed by atoms with Gasteiger partial charge in [-0.05, 0) is 42.5 Å². The molecule has 1 aliphatic carbocycles. The maximum absolute atomic E-state index is 13.2. The van der Waals surface area contributed by atoms with Crippen molar-refractivity contribution in [3.05, 3.63) is 74.4 Å². The molecule has 1 aliphatic heterocycles. The number of hydrogen-bond acceptors (Lipinski definition) is 5. The molecule has 7 heteroatoms. The Morgan fingerprint density at radius 2 is 1.94 bits per heavy atom. The van der Waals surface area contributed by atoms with E-state index in [0.29, 0.717) is 41.5 Å². The zero-order chi connectivity index (χ0) is 22.4. The molecule has 168 valence electrons. The van der Waals surface area contributed by atoms with Gasteiger partial charge in [-0.1, -0.05) is 24.3 Å². The van der Waals surface area contributed by atoms with Crippen molar-refractivity contribution in [1.82, 2.24) is 14.5 Å². The van der Waals surface area contributed by atoms with E-state index in [4.69, 9.17) is 9.47 Å². The van der Waals surface area contributed by atoms with Crippen LogP contribution >= 0.6 is 0 Å². The van der Waals surface area contributed by atoms with E-state index >= 15 is 0 Å². The number of methoxy groups -OCH3 is 2. The molecule has 1 N–H and O–H groups in total. The predicted octanol–water partition coefficient (Wildman–Crippen LogP) is 2.39. The van der Waals surface area contributed by atoms with Gasteiger partial charge >= 0.3 is 5.69 Å². The smallest absolute Gasteiger partial charge is 0.331 e. The fourth-order valence-electron chi connectivity index (χ4n) is 5.70. The van der Waals surface area contributed by atoms with Crippen LogP contribution in [0, 0.1) is 5.92 Å². The number of rotatable bonds is 5. The lowest BCUT2D eigenvalue weighted by atomic mass is 9.73. The maximum Gasteiger partial charge on any atom is 0.331 e. The number of ether oxygens (including phenoxy) is 2. The average molecular weight is 436 g/mol. The Morgan fingerprint density at radius 3 is 2.72 bits per heavy atom. The standard InChI is InChI=1S/C25H29N3O4/c1-27-21-14-16(31-2)9-11-18(21)24(29)28(25(27)30)13-12-20-22-17-7-5-4-6-15(17)8-10-19(22)23(26-20)32-3/h4-7,9,11,14,19-20,22-23,26H,8,10,12-13H2,1-3H3/t19-,20?,22+,23-/m1/s1. The van der Waals surface area contributed by atoms with Gasteiger partial charge in [-0.15, -0.1) is 0 Å². The van der Waals surface area contributed by atoms with Crippen LogP contribution in [0.25, 0.3) is 10.9 Å². The molecule has 2 heterocycles. The van der Waals surface area contributed by atoms with Gasteiger partial charge in [0.2, 0.25) is 0 Å². The summed E-state index contributed by atoms with van der Waals surface area (Å²) in [6.45, 7) is 0.354. The Kier molecular flexibility index (Phi) is 5.39. The van der Waals surface area contributed by atoms with Crippen molar-refractivity contribution in [2.45, 2.75) is 44.0 Å². The molecule has 0 bridgehead atoms. The van der Waals surface area contributed by atoms with Crippen molar-refractivity contribution in [3.8, 4) is 5.75 Å². The number of aromatic nitrogens is 2. The van der Waals surface area contributed by atoms with Gasteiger partial charge in [0.15, 0.2) is 0 Å². The van der Waals surface area contributed by atoms with E-state index in [1.54, 1.807) is 39.5 Å². The van der Waals surface area contributed by atoms with Gasteiger partial charge in [-0.2, -0.15) is 0 Å². The summed E-state index contributed by atoms with van der Waals surface area (Å²) >= 11 is 0. The van der Waals surface area contributed by atoms with Crippen LogP contribution in [-0.4, -0.2) is 35.6 Å². The van der Waals surface area contributed by atoms with Crippen LogP contribution in [-0.2, 0) is 24.8 Å². The first-order valence-electron chi connectivity index (χ1n) is 11.2. The number of fused-ring (bicyclic) bond motifs is 4. The van der Waals surface area contributed by atoms with Gasteiger partial charge in [0.05, 0.1) is 18.0 Å². The molecule has 1 saturated heterocycles. The van der Waals surface area contributed by atoms with E-state index in [1.165, 1.54) is 20.3 Å². The van der Waals surface area contributed by atoms with Gasteiger partial charge in [0.25, 0.3) is 5.56 Å². The SMILES string of the molecule is COc1ccc2c(=O)n(CCC3N[C@H](OC)[C@@H]4CCc5ccccc5[C@H]34)c(=O)n(C)c2c1. The van der Waals surface area contributed by atoms with E-state index in [0.717, 1.165) is 12.8 Å². The summed E-state index contributed by atoms with van der Waals surface area (Å²) < 4.78 is 13.9. The maximum atomic E-state index is 13.2. The van der Waals surface area contributed by atoms with Crippen molar-refractivity contribution in [2.75, 3.05) is 14.2 Å². The van der Waals surface area contributed by atoms with Gasteiger partial charge < -0.3 is 9.47 Å². The lowest BCUT2D eigenvalue weighted by Crippen LogP contribution is -2.41. The second-order valence-corrected chi connectivity index (χ2v) is 8.83. The molecule has 7 nitrogen and oxygen atoms in total. The lowest BCUT2D eigenvalue weighted by Gasteiger charge is -2.32. The molecule has 0 radical (unpaired) electrons. The number of hydrogen-bond donors (Lipinski definition) is 1. The summed E-state index contributed by atoms with van der Waals surface area (Å²) in [5.41, 5.74) is 2.78. The van der Waals surface area contributed by atoms with E-state index in [-0.39, 0.29) is 23.5 Å². The third-order valence-electron chi connectivity index (χ3n) is 7.30. The predicted molar refractivity (Wildman–Crippen MR) is 123 cm³/mol. The Bertz CT molecular complexity index is 1280. The molecule has 2 aromatic carbocycles. The van der Waals surface area contributed by atoms with Crippen LogP contribution in [0.4, 0.5) is 0 Å². The second-order valence-electron chi connectivity index (χ2n) is 8.83. The molecule has 1 aromatic heterocycles. The first-order valence-corrected chi connectivity index (χ1v) is 11.2. The Balaban J connectivity index is 1.48. The van der Waals surface area contributed by atoms with Crippen LogP contribution < -0.4 is 21.3 Å². The molecule has 2 aliphatic rings. The van der Waals surface area contributed by atoms with Gasteiger partial charge in [-0.25, -0.2) is 4.79 Å². The Hall–Kier alpha value is -2.90. The van der Waals surface area contributed by atoms with Gasteiger partial charge in [0.1, 0.15) is 12.0 Å². The third kappa shape index (κ3) is 3.27. The number of nitrogens with one attached hydrogen (secondary N) is 1. The van der Waals surface area contributed by atoms with Crippen molar-refractivity contribution < 1.29 is 9.47 Å². The summed E-state index contributed by atoms with van der Waals surface area (Å²) in [5, 5.41) is 4.15. The molecule has 3 aromatic rings. The molecule has 0 amide bonds. The molecule has 4 atom stereocenters. The van der Waals surface area contributed by atoms with Gasteiger partial charge in [0, 0.05) is 44.6 Å². The molecule has 1 fully saturated rings. The van der Waals surface area contributed by atoms with Crippen molar-refractivity contribution in [1.29, 1.82) is 0 Å². The van der Waals surface area contributed by atoms with E-state index in [1.807, 2.05) is 0 Å². The van der Waals surface area contributed by atoms with Gasteiger partial charge in [-0.3, -0.25) is 19.2 Å². The quantitative estimate of drug-likeness (QED) is 0.666. The minimum atomic E-state index is -0.308. The third-order valence-corrected chi connectivity index (χ3v) is 7.30. The molecule has 5 rings (SSSR count). The highest BCUT2D eigenvalue weighted by Gasteiger charge is 2.45. The highest BCUT2D eigenvalue weighted by Crippen LogP contribution is 2.45. The zero-order valence-electron chi connectivity index (χ0n) is 18.7. The van der Waals surface area contributed by atoms with Crippen LogP contribution in [0.1, 0.15) is 29.9 Å². The zero-order valence-corrected chi connectivity index (χ0v) is 18.7. The number of aryl methyl sites for hydroxylation is 2. The molecular weight excluding hydrogens is 406 g/mol. The second kappa shape index (κ2) is 8.22. The monoisotopic (exact) mass is 435 g/mol. The Labute approximate surface area is 186 Å². The summed E-state index contributed by atoms with van der Waals surface area (Å²) in [5.74, 6) is 1.32. The van der Waals surface area contributed by atoms with Crippen molar-refractivity contribution in [3.63, 3.8) is 0 Å². The summed E-state index contributed by atoms with van der Waals surface area (Å²) in [4.78, 5) is 26.2. The van der Waals surface area contributed by atoms with Crippen LogP contribution in [0.5, 0.6) is 5.75 Å². The molecule has 0 spiro atoms. The molecule has 0 saturated carbocycles. The average Bonchev–Trinajstić information content (AvgIpc) is 3.20. The fourth-order valence-corrected chi connectivity index (χ4v) is 5.70. The molecular formula is C25H29N3O4.